The second-order valence-corrected chi connectivity index (χ2v) is 7.17. The van der Waals surface area contributed by atoms with Crippen molar-refractivity contribution in [3.05, 3.63) is 55.1 Å². The average Bonchev–Trinajstić information content (AvgIpc) is 2.61. The molecule has 0 unspecified atom stereocenters. The topological polar surface area (TPSA) is 69.3 Å². The summed E-state index contributed by atoms with van der Waals surface area (Å²) in [6.45, 7) is -0.343. The van der Waals surface area contributed by atoms with Gasteiger partial charge in [-0.05, 0) is 33.6 Å². The van der Waals surface area contributed by atoms with Crippen LogP contribution in [0.25, 0.3) is 0 Å². The lowest BCUT2D eigenvalue weighted by atomic mass is 10.1. The standard InChI is InChI=1S/C16H12BrClF4N4O2/c17-14-12(18)13(15(28)24-23-14)26-4-3-25(11(27)7-26)6-8-1-2-9(19)5-10(8)16(20,21)22/h1-2,5H,3-4,6-7H2,(H,24,28). The summed E-state index contributed by atoms with van der Waals surface area (Å²) in [5, 5.41) is 5.92. The molecule has 0 saturated carbocycles. The monoisotopic (exact) mass is 482 g/mol. The third-order valence-electron chi connectivity index (χ3n) is 4.23. The Kier molecular flexibility index (Phi) is 5.67. The summed E-state index contributed by atoms with van der Waals surface area (Å²) < 4.78 is 52.9. The summed E-state index contributed by atoms with van der Waals surface area (Å²) in [6, 6.07) is 2.34. The van der Waals surface area contributed by atoms with Crippen molar-refractivity contribution >= 4 is 39.1 Å². The molecule has 2 aromatic rings. The number of hydrogen-bond acceptors (Lipinski definition) is 4. The summed E-state index contributed by atoms with van der Waals surface area (Å²) in [5.41, 5.74) is -1.87. The van der Waals surface area contributed by atoms with Crippen LogP contribution in [0, 0.1) is 5.82 Å². The molecule has 1 aliphatic heterocycles. The molecule has 1 aliphatic rings. The van der Waals surface area contributed by atoms with Gasteiger partial charge in [-0.3, -0.25) is 9.59 Å². The Balaban J connectivity index is 1.81. The van der Waals surface area contributed by atoms with Gasteiger partial charge in [0.25, 0.3) is 5.56 Å². The van der Waals surface area contributed by atoms with E-state index in [2.05, 4.69) is 26.1 Å². The van der Waals surface area contributed by atoms with Gasteiger partial charge in [0.15, 0.2) is 0 Å². The zero-order chi connectivity index (χ0) is 20.6. The maximum Gasteiger partial charge on any atom is 0.416 e. The number of nitrogens with zero attached hydrogens (tertiary/aromatic N) is 3. The number of H-pyrrole nitrogens is 1. The second kappa shape index (κ2) is 7.70. The Morgan fingerprint density at radius 3 is 2.61 bits per heavy atom. The van der Waals surface area contributed by atoms with Gasteiger partial charge in [-0.25, -0.2) is 9.49 Å². The van der Waals surface area contributed by atoms with Crippen molar-refractivity contribution in [2.75, 3.05) is 24.5 Å². The quantitative estimate of drug-likeness (QED) is 0.681. The number of halogens is 6. The molecule has 0 spiro atoms. The minimum atomic E-state index is -4.74. The number of benzene rings is 1. The number of anilines is 1. The first kappa shape index (κ1) is 20.6. The second-order valence-electron chi connectivity index (χ2n) is 6.04. The summed E-state index contributed by atoms with van der Waals surface area (Å²) >= 11 is 9.15. The van der Waals surface area contributed by atoms with Crippen LogP contribution in [-0.4, -0.2) is 40.6 Å². The minimum Gasteiger partial charge on any atom is -0.355 e. The lowest BCUT2D eigenvalue weighted by molar-refractivity contribution is -0.140. The van der Waals surface area contributed by atoms with Crippen LogP contribution in [0.4, 0.5) is 23.2 Å². The molecule has 1 amide bonds. The maximum atomic E-state index is 13.2. The number of nitrogens with one attached hydrogen (secondary N) is 1. The molecule has 0 bridgehead atoms. The van der Waals surface area contributed by atoms with Gasteiger partial charge in [-0.1, -0.05) is 17.7 Å². The van der Waals surface area contributed by atoms with E-state index in [-0.39, 0.29) is 47.1 Å². The van der Waals surface area contributed by atoms with Crippen molar-refractivity contribution in [2.24, 2.45) is 0 Å². The molecule has 2 heterocycles. The zero-order valence-corrected chi connectivity index (χ0v) is 16.3. The number of amides is 1. The van der Waals surface area contributed by atoms with Crippen LogP contribution in [0.2, 0.25) is 5.02 Å². The minimum absolute atomic E-state index is 0.0305. The number of piperazine rings is 1. The first-order chi connectivity index (χ1) is 13.1. The average molecular weight is 484 g/mol. The Hall–Kier alpha value is -2.14. The Morgan fingerprint density at radius 2 is 1.96 bits per heavy atom. The first-order valence-corrected chi connectivity index (χ1v) is 9.07. The van der Waals surface area contributed by atoms with Gasteiger partial charge in [-0.2, -0.15) is 18.3 Å². The molecule has 0 radical (unpaired) electrons. The van der Waals surface area contributed by atoms with E-state index in [9.17, 15) is 27.2 Å². The van der Waals surface area contributed by atoms with Crippen LogP contribution in [0.3, 0.4) is 0 Å². The number of carbonyl (C=O) groups excluding carboxylic acids is 1. The van der Waals surface area contributed by atoms with E-state index in [4.69, 9.17) is 11.6 Å². The van der Waals surface area contributed by atoms with Gasteiger partial charge < -0.3 is 9.80 Å². The van der Waals surface area contributed by atoms with Gasteiger partial charge in [0, 0.05) is 19.6 Å². The number of aromatic amines is 1. The Labute approximate surface area is 169 Å². The highest BCUT2D eigenvalue weighted by Gasteiger charge is 2.35. The molecule has 12 heteroatoms. The van der Waals surface area contributed by atoms with Crippen LogP contribution >= 0.6 is 27.5 Å². The van der Waals surface area contributed by atoms with E-state index < -0.39 is 29.0 Å². The third kappa shape index (κ3) is 4.14. The molecule has 150 valence electrons. The van der Waals surface area contributed by atoms with Crippen molar-refractivity contribution in [3.63, 3.8) is 0 Å². The van der Waals surface area contributed by atoms with E-state index >= 15 is 0 Å². The zero-order valence-electron chi connectivity index (χ0n) is 14.0. The highest BCUT2D eigenvalue weighted by molar-refractivity contribution is 9.10. The molecule has 1 aromatic heterocycles. The van der Waals surface area contributed by atoms with Crippen molar-refractivity contribution < 1.29 is 22.4 Å². The van der Waals surface area contributed by atoms with Gasteiger partial charge in [0.1, 0.15) is 21.1 Å². The molecule has 0 aliphatic carbocycles. The van der Waals surface area contributed by atoms with Crippen molar-refractivity contribution in [1.82, 2.24) is 15.1 Å². The number of alkyl halides is 3. The van der Waals surface area contributed by atoms with Crippen molar-refractivity contribution in [3.8, 4) is 0 Å². The lowest BCUT2D eigenvalue weighted by Crippen LogP contribution is -2.51. The summed E-state index contributed by atoms with van der Waals surface area (Å²) in [6.07, 6.45) is -4.74. The fraction of sp³-hybridized carbons (Fsp3) is 0.312. The normalized spacial score (nSPS) is 15.3. The van der Waals surface area contributed by atoms with E-state index in [0.717, 1.165) is 12.1 Å². The highest BCUT2D eigenvalue weighted by atomic mass is 79.9. The van der Waals surface area contributed by atoms with E-state index in [0.29, 0.717) is 6.07 Å². The Bertz CT molecular complexity index is 982. The highest BCUT2D eigenvalue weighted by Crippen LogP contribution is 2.34. The van der Waals surface area contributed by atoms with Crippen molar-refractivity contribution in [1.29, 1.82) is 0 Å². The molecule has 0 atom stereocenters. The molecule has 1 aromatic carbocycles. The van der Waals surface area contributed by atoms with Crippen molar-refractivity contribution in [2.45, 2.75) is 12.7 Å². The predicted octanol–water partition coefficient (Wildman–Crippen LogP) is 3.19. The molecule has 28 heavy (non-hydrogen) atoms. The van der Waals surface area contributed by atoms with Gasteiger partial charge in [0.2, 0.25) is 5.91 Å². The van der Waals surface area contributed by atoms with Gasteiger partial charge >= 0.3 is 6.18 Å². The molecule has 1 saturated heterocycles. The fourth-order valence-corrected chi connectivity index (χ4v) is 3.43. The summed E-state index contributed by atoms with van der Waals surface area (Å²) in [5.74, 6) is -1.50. The third-order valence-corrected chi connectivity index (χ3v) is 5.39. The Morgan fingerprint density at radius 1 is 1.25 bits per heavy atom. The number of hydrogen-bond donors (Lipinski definition) is 1. The largest absolute Gasteiger partial charge is 0.416 e. The lowest BCUT2D eigenvalue weighted by Gasteiger charge is -2.35. The molecular formula is C16H12BrClF4N4O2. The number of rotatable bonds is 3. The molecule has 1 N–H and O–H groups in total. The van der Waals surface area contributed by atoms with E-state index in [1.54, 1.807) is 0 Å². The van der Waals surface area contributed by atoms with E-state index in [1.165, 1.54) is 9.80 Å². The van der Waals surface area contributed by atoms with Gasteiger partial charge in [-0.15, -0.1) is 0 Å². The van der Waals surface area contributed by atoms with Crippen LogP contribution < -0.4 is 10.5 Å². The smallest absolute Gasteiger partial charge is 0.355 e. The molecule has 1 fully saturated rings. The first-order valence-electron chi connectivity index (χ1n) is 7.90. The van der Waals surface area contributed by atoms with Crippen LogP contribution in [0.15, 0.2) is 27.6 Å². The summed E-state index contributed by atoms with van der Waals surface area (Å²) in [7, 11) is 0. The van der Waals surface area contributed by atoms with Crippen LogP contribution in [-0.2, 0) is 17.5 Å². The van der Waals surface area contributed by atoms with E-state index in [1.807, 2.05) is 0 Å². The number of aromatic nitrogens is 2. The molecule has 3 rings (SSSR count). The predicted molar refractivity (Wildman–Crippen MR) is 96.6 cm³/mol. The molecule has 6 nitrogen and oxygen atoms in total. The molecular weight excluding hydrogens is 472 g/mol. The van der Waals surface area contributed by atoms with Crippen LogP contribution in [0.5, 0.6) is 0 Å². The van der Waals surface area contributed by atoms with Gasteiger partial charge in [0.05, 0.1) is 12.1 Å². The fourth-order valence-electron chi connectivity index (χ4n) is 2.90. The SMILES string of the molecule is O=C1CN(c2c(Cl)c(Br)n[nH]c2=O)CCN1Cc1ccc(F)cc1C(F)(F)F. The number of carbonyl (C=O) groups is 1. The van der Waals surface area contributed by atoms with Crippen LogP contribution in [0.1, 0.15) is 11.1 Å². The maximum absolute atomic E-state index is 13.2. The summed E-state index contributed by atoms with van der Waals surface area (Å²) in [4.78, 5) is 27.1.